The number of nitrogens with two attached hydrogens (primary N) is 1. The fraction of sp³-hybridized carbons (Fsp3) is 0.667. The minimum Gasteiger partial charge on any atom is -0.379 e. The van der Waals surface area contributed by atoms with Crippen molar-refractivity contribution in [2.75, 3.05) is 19.5 Å². The van der Waals surface area contributed by atoms with Crippen LogP contribution in [-0.4, -0.2) is 38.9 Å². The van der Waals surface area contributed by atoms with Crippen molar-refractivity contribution in [1.82, 2.24) is 4.98 Å². The second-order valence-electron chi connectivity index (χ2n) is 4.04. The number of ether oxygens (including phenoxy) is 1. The van der Waals surface area contributed by atoms with Gasteiger partial charge in [-0.25, -0.2) is 13.4 Å². The molecule has 1 saturated heterocycles. The molecule has 1 aromatic rings. The molecule has 16 heavy (non-hydrogen) atoms. The summed E-state index contributed by atoms with van der Waals surface area (Å²) in [5, 5.41) is 2.50. The van der Waals surface area contributed by atoms with Crippen molar-refractivity contribution in [3.63, 3.8) is 0 Å². The van der Waals surface area contributed by atoms with Crippen molar-refractivity contribution >= 4 is 21.2 Å². The molecule has 0 radical (unpaired) electrons. The van der Waals surface area contributed by atoms with Gasteiger partial charge in [-0.1, -0.05) is 0 Å². The first-order valence-corrected chi connectivity index (χ1v) is 7.85. The van der Waals surface area contributed by atoms with Crippen LogP contribution in [0.2, 0.25) is 0 Å². The zero-order valence-electron chi connectivity index (χ0n) is 8.92. The summed E-state index contributed by atoms with van der Waals surface area (Å²) in [6.07, 6.45) is 1.21. The number of aromatic nitrogens is 1. The Balaban J connectivity index is 2.13. The molecule has 0 aliphatic carbocycles. The molecule has 0 spiro atoms. The van der Waals surface area contributed by atoms with Crippen LogP contribution >= 0.6 is 11.3 Å². The molecule has 2 N–H and O–H groups in total. The van der Waals surface area contributed by atoms with Gasteiger partial charge in [0.15, 0.2) is 9.84 Å². The summed E-state index contributed by atoms with van der Waals surface area (Å²) in [6, 6.07) is -0.0341. The van der Waals surface area contributed by atoms with E-state index >= 15 is 0 Å². The van der Waals surface area contributed by atoms with Gasteiger partial charge in [0.05, 0.1) is 18.9 Å². The molecule has 0 aromatic carbocycles. The molecule has 1 aliphatic heterocycles. The van der Waals surface area contributed by atoms with E-state index in [1.807, 2.05) is 5.38 Å². The van der Waals surface area contributed by atoms with Crippen LogP contribution in [0.1, 0.15) is 16.6 Å². The molecule has 0 amide bonds. The second-order valence-corrected chi connectivity index (χ2v) is 7.13. The van der Waals surface area contributed by atoms with E-state index in [9.17, 15) is 8.42 Å². The lowest BCUT2D eigenvalue weighted by Gasteiger charge is -2.09. The monoisotopic (exact) mass is 262 g/mol. The van der Waals surface area contributed by atoms with Gasteiger partial charge in [-0.3, -0.25) is 0 Å². The summed E-state index contributed by atoms with van der Waals surface area (Å²) in [5.74, 6) is 0.102. The van der Waals surface area contributed by atoms with Crippen molar-refractivity contribution in [3.8, 4) is 0 Å². The largest absolute Gasteiger partial charge is 0.379 e. The number of hydrogen-bond acceptors (Lipinski definition) is 6. The molecule has 90 valence electrons. The van der Waals surface area contributed by atoms with E-state index in [0.717, 1.165) is 5.69 Å². The van der Waals surface area contributed by atoms with Crippen molar-refractivity contribution < 1.29 is 13.2 Å². The Morgan fingerprint density at radius 2 is 2.38 bits per heavy atom. The number of thiazole rings is 1. The third kappa shape index (κ3) is 2.79. The first-order chi connectivity index (χ1) is 7.46. The van der Waals surface area contributed by atoms with Gasteiger partial charge in [0.2, 0.25) is 0 Å². The van der Waals surface area contributed by atoms with E-state index < -0.39 is 9.84 Å². The smallest absolute Gasteiger partial charge is 0.153 e. The maximum Gasteiger partial charge on any atom is 0.153 e. The lowest BCUT2D eigenvalue weighted by molar-refractivity contribution is 0.190. The van der Waals surface area contributed by atoms with Crippen LogP contribution in [0.25, 0.3) is 0 Å². The fourth-order valence-electron chi connectivity index (χ4n) is 1.66. The van der Waals surface area contributed by atoms with Gasteiger partial charge in [0.1, 0.15) is 10.8 Å². The van der Waals surface area contributed by atoms with Gasteiger partial charge < -0.3 is 10.5 Å². The van der Waals surface area contributed by atoms with Gasteiger partial charge in [-0.2, -0.15) is 0 Å². The standard InChI is InChI=1S/C9H14N2O3S2/c1-16(12,13)5-9-11-8(4-15-9)6-2-14-3-7(6)10/h4,6-7H,2-3,5,10H2,1H3. The molecule has 0 saturated carbocycles. The molecule has 7 heteroatoms. The number of sulfone groups is 1. The Morgan fingerprint density at radius 1 is 1.62 bits per heavy atom. The predicted octanol–water partition coefficient (Wildman–Crippen LogP) is 0.129. The van der Waals surface area contributed by atoms with Crippen molar-refractivity contribution in [1.29, 1.82) is 0 Å². The average Bonchev–Trinajstić information content (AvgIpc) is 2.71. The minimum atomic E-state index is -3.02. The van der Waals surface area contributed by atoms with Crippen LogP contribution in [0.3, 0.4) is 0 Å². The Kier molecular flexibility index (Phi) is 3.29. The van der Waals surface area contributed by atoms with Crippen molar-refractivity contribution in [2.45, 2.75) is 17.7 Å². The highest BCUT2D eigenvalue weighted by Crippen LogP contribution is 2.26. The number of hydrogen-bond donors (Lipinski definition) is 1. The normalized spacial score (nSPS) is 26.1. The van der Waals surface area contributed by atoms with Crippen molar-refractivity contribution in [3.05, 3.63) is 16.1 Å². The summed E-state index contributed by atoms with van der Waals surface area (Å²) < 4.78 is 27.5. The maximum absolute atomic E-state index is 11.1. The molecular formula is C9H14N2O3S2. The highest BCUT2D eigenvalue weighted by atomic mass is 32.2. The van der Waals surface area contributed by atoms with Gasteiger partial charge in [0, 0.05) is 23.6 Å². The molecule has 2 unspecified atom stereocenters. The SMILES string of the molecule is CS(=O)(=O)Cc1nc(C2COCC2N)cs1. The predicted molar refractivity (Wildman–Crippen MR) is 62.2 cm³/mol. The van der Waals surface area contributed by atoms with E-state index in [4.69, 9.17) is 10.5 Å². The topological polar surface area (TPSA) is 82.3 Å². The molecule has 2 rings (SSSR count). The van der Waals surface area contributed by atoms with Crippen LogP contribution in [0, 0.1) is 0 Å². The first kappa shape index (κ1) is 12.0. The van der Waals surface area contributed by atoms with Crippen molar-refractivity contribution in [2.24, 2.45) is 5.73 Å². The highest BCUT2D eigenvalue weighted by Gasteiger charge is 2.28. The van der Waals surface area contributed by atoms with Crippen LogP contribution in [0.15, 0.2) is 5.38 Å². The summed E-state index contributed by atoms with van der Waals surface area (Å²) in [4.78, 5) is 4.31. The quantitative estimate of drug-likeness (QED) is 0.837. The minimum absolute atomic E-state index is 0.000478. The maximum atomic E-state index is 11.1. The van der Waals surface area contributed by atoms with Gasteiger partial charge in [-0.15, -0.1) is 11.3 Å². The zero-order valence-corrected chi connectivity index (χ0v) is 10.6. The lowest BCUT2D eigenvalue weighted by atomic mass is 10.0. The average molecular weight is 262 g/mol. The summed E-state index contributed by atoms with van der Waals surface area (Å²) in [5.41, 5.74) is 6.72. The Bertz CT molecular complexity index is 469. The van der Waals surface area contributed by atoms with E-state index in [2.05, 4.69) is 4.98 Å². The zero-order chi connectivity index (χ0) is 11.8. The highest BCUT2D eigenvalue weighted by molar-refractivity contribution is 7.90. The molecule has 0 bridgehead atoms. The van der Waals surface area contributed by atoms with Gasteiger partial charge in [0.25, 0.3) is 0 Å². The molecule has 5 nitrogen and oxygen atoms in total. The summed E-state index contributed by atoms with van der Waals surface area (Å²) in [6.45, 7) is 1.12. The number of nitrogens with zero attached hydrogens (tertiary/aromatic N) is 1. The van der Waals surface area contributed by atoms with Crippen LogP contribution < -0.4 is 5.73 Å². The second kappa shape index (κ2) is 4.40. The third-order valence-corrected chi connectivity index (χ3v) is 4.31. The van der Waals surface area contributed by atoms with Gasteiger partial charge in [-0.05, 0) is 0 Å². The molecule has 2 atom stereocenters. The molecule has 1 aliphatic rings. The lowest BCUT2D eigenvalue weighted by Crippen LogP contribution is -2.27. The molecule has 1 fully saturated rings. The molecular weight excluding hydrogens is 248 g/mol. The molecule has 1 aromatic heterocycles. The Hall–Kier alpha value is -0.500. The third-order valence-electron chi connectivity index (χ3n) is 2.46. The molecule has 2 heterocycles. The van der Waals surface area contributed by atoms with E-state index in [1.54, 1.807) is 0 Å². The van der Waals surface area contributed by atoms with Crippen LogP contribution in [-0.2, 0) is 20.3 Å². The number of rotatable bonds is 3. The van der Waals surface area contributed by atoms with E-state index in [-0.39, 0.29) is 17.7 Å². The van der Waals surface area contributed by atoms with Crippen LogP contribution in [0.5, 0.6) is 0 Å². The van der Waals surface area contributed by atoms with E-state index in [1.165, 1.54) is 17.6 Å². The van der Waals surface area contributed by atoms with E-state index in [0.29, 0.717) is 18.2 Å². The fourth-order valence-corrected chi connectivity index (χ4v) is 3.73. The first-order valence-electron chi connectivity index (χ1n) is 4.91. The summed E-state index contributed by atoms with van der Waals surface area (Å²) in [7, 11) is -3.02. The van der Waals surface area contributed by atoms with Crippen LogP contribution in [0.4, 0.5) is 0 Å². The Morgan fingerprint density at radius 3 is 2.94 bits per heavy atom. The van der Waals surface area contributed by atoms with Gasteiger partial charge >= 0.3 is 0 Å². The summed E-state index contributed by atoms with van der Waals surface area (Å²) >= 11 is 1.36. The Labute approximate surface area is 98.6 Å².